The number of halogens is 1. The summed E-state index contributed by atoms with van der Waals surface area (Å²) >= 11 is 0. The molecule has 6 heteroatoms. The van der Waals surface area contributed by atoms with Gasteiger partial charge in [-0.05, 0) is 55.8 Å². The van der Waals surface area contributed by atoms with Gasteiger partial charge in [0.05, 0.1) is 17.4 Å². The Labute approximate surface area is 163 Å². The predicted molar refractivity (Wildman–Crippen MR) is 107 cm³/mol. The number of benzene rings is 2. The summed E-state index contributed by atoms with van der Waals surface area (Å²) < 4.78 is 14.1. The van der Waals surface area contributed by atoms with E-state index in [1.807, 2.05) is 23.1 Å². The number of carbonyl (C=O) groups excluding carboxylic acids is 1. The molecule has 2 heterocycles. The highest BCUT2D eigenvalue weighted by atomic mass is 19.1. The number of aromatic nitrogens is 2. The van der Waals surface area contributed by atoms with Gasteiger partial charge in [0, 0.05) is 12.6 Å². The standard InChI is InChI=1S/C22H25FN4O/c23-17-11-18(21-19(12-17)25-14-26-21)22(28)27-9-5-4-8-20(27)16(13-24)10-15-6-2-1-3-7-15/h1-3,6-7,11-12,14,16,20H,4-5,8-10,13,24H2,(H,25,26). The van der Waals surface area contributed by atoms with Crippen LogP contribution >= 0.6 is 0 Å². The van der Waals surface area contributed by atoms with Gasteiger partial charge in [0.1, 0.15) is 11.3 Å². The first kappa shape index (κ1) is 18.6. The molecule has 0 radical (unpaired) electrons. The molecule has 4 rings (SSSR count). The molecular formula is C22H25FN4O. The summed E-state index contributed by atoms with van der Waals surface area (Å²) in [7, 11) is 0. The number of amides is 1. The fraction of sp³-hybridized carbons (Fsp3) is 0.364. The maximum Gasteiger partial charge on any atom is 0.256 e. The average molecular weight is 380 g/mol. The van der Waals surface area contributed by atoms with Crippen molar-refractivity contribution in [3.63, 3.8) is 0 Å². The highest BCUT2D eigenvalue weighted by molar-refractivity contribution is 6.05. The quantitative estimate of drug-likeness (QED) is 0.711. The van der Waals surface area contributed by atoms with Crippen LogP contribution in [0.3, 0.4) is 0 Å². The molecule has 0 bridgehead atoms. The molecular weight excluding hydrogens is 355 g/mol. The normalized spacial score (nSPS) is 18.4. The SMILES string of the molecule is NCC(Cc1ccccc1)C1CCCCN1C(=O)c1cc(F)cc2[nH]cnc12. The third kappa shape index (κ3) is 3.64. The Morgan fingerprint density at radius 3 is 2.89 bits per heavy atom. The van der Waals surface area contributed by atoms with Gasteiger partial charge in [-0.15, -0.1) is 0 Å². The molecule has 1 fully saturated rings. The van der Waals surface area contributed by atoms with Crippen LogP contribution in [-0.4, -0.2) is 39.9 Å². The van der Waals surface area contributed by atoms with Crippen LogP contribution < -0.4 is 5.73 Å². The molecule has 2 atom stereocenters. The molecule has 3 aromatic rings. The molecule has 0 spiro atoms. The van der Waals surface area contributed by atoms with Crippen molar-refractivity contribution in [2.45, 2.75) is 31.7 Å². The van der Waals surface area contributed by atoms with Crippen molar-refractivity contribution in [3.8, 4) is 0 Å². The van der Waals surface area contributed by atoms with Crippen LogP contribution in [0.5, 0.6) is 0 Å². The van der Waals surface area contributed by atoms with E-state index in [1.165, 1.54) is 24.0 Å². The monoisotopic (exact) mass is 380 g/mol. The van der Waals surface area contributed by atoms with Crippen molar-refractivity contribution in [2.24, 2.45) is 11.7 Å². The van der Waals surface area contributed by atoms with E-state index in [0.717, 1.165) is 25.7 Å². The van der Waals surface area contributed by atoms with E-state index in [2.05, 4.69) is 22.1 Å². The second-order valence-electron chi connectivity index (χ2n) is 7.50. The Morgan fingerprint density at radius 1 is 1.29 bits per heavy atom. The number of likely N-dealkylation sites (tertiary alicyclic amines) is 1. The molecule has 28 heavy (non-hydrogen) atoms. The van der Waals surface area contributed by atoms with Gasteiger partial charge >= 0.3 is 0 Å². The molecule has 1 aliphatic rings. The minimum atomic E-state index is -0.437. The van der Waals surface area contributed by atoms with Gasteiger partial charge < -0.3 is 15.6 Å². The number of carbonyl (C=O) groups is 1. The molecule has 1 aromatic heterocycles. The van der Waals surface area contributed by atoms with E-state index in [-0.39, 0.29) is 17.9 Å². The third-order valence-electron chi connectivity index (χ3n) is 5.72. The average Bonchev–Trinajstić information content (AvgIpc) is 3.20. The minimum absolute atomic E-state index is 0.0451. The summed E-state index contributed by atoms with van der Waals surface area (Å²) in [6, 6.07) is 12.9. The number of imidazole rings is 1. The maximum atomic E-state index is 14.1. The van der Waals surface area contributed by atoms with Crippen LogP contribution in [-0.2, 0) is 6.42 Å². The molecule has 0 aliphatic carbocycles. The first-order valence-corrected chi connectivity index (χ1v) is 9.85. The van der Waals surface area contributed by atoms with Gasteiger partial charge in [-0.2, -0.15) is 0 Å². The van der Waals surface area contributed by atoms with E-state index in [0.29, 0.717) is 29.7 Å². The Hall–Kier alpha value is -2.73. The third-order valence-corrected chi connectivity index (χ3v) is 5.72. The summed E-state index contributed by atoms with van der Waals surface area (Å²) in [6.07, 6.45) is 5.25. The number of nitrogens with zero attached hydrogens (tertiary/aromatic N) is 2. The van der Waals surface area contributed by atoms with Crippen LogP contribution in [0.2, 0.25) is 0 Å². The number of hydrogen-bond donors (Lipinski definition) is 2. The van der Waals surface area contributed by atoms with Crippen molar-refractivity contribution >= 4 is 16.9 Å². The lowest BCUT2D eigenvalue weighted by Gasteiger charge is -2.40. The van der Waals surface area contributed by atoms with Gasteiger partial charge in [0.25, 0.3) is 5.91 Å². The van der Waals surface area contributed by atoms with E-state index >= 15 is 0 Å². The number of aromatic amines is 1. The zero-order chi connectivity index (χ0) is 19.5. The zero-order valence-electron chi connectivity index (χ0n) is 15.8. The highest BCUT2D eigenvalue weighted by Crippen LogP contribution is 2.29. The largest absolute Gasteiger partial charge is 0.344 e. The van der Waals surface area contributed by atoms with Crippen LogP contribution in [0.25, 0.3) is 11.0 Å². The van der Waals surface area contributed by atoms with E-state index in [1.54, 1.807) is 0 Å². The van der Waals surface area contributed by atoms with Crippen LogP contribution in [0.1, 0.15) is 35.2 Å². The van der Waals surface area contributed by atoms with Crippen molar-refractivity contribution in [2.75, 3.05) is 13.1 Å². The van der Waals surface area contributed by atoms with Crippen molar-refractivity contribution in [1.82, 2.24) is 14.9 Å². The maximum absolute atomic E-state index is 14.1. The van der Waals surface area contributed by atoms with E-state index in [4.69, 9.17) is 5.73 Å². The minimum Gasteiger partial charge on any atom is -0.344 e. The number of nitrogens with one attached hydrogen (secondary N) is 1. The number of rotatable bonds is 5. The molecule has 2 aromatic carbocycles. The lowest BCUT2D eigenvalue weighted by Crippen LogP contribution is -2.50. The Kier molecular flexibility index (Phi) is 5.39. The number of nitrogens with two attached hydrogens (primary N) is 1. The van der Waals surface area contributed by atoms with Crippen LogP contribution in [0.15, 0.2) is 48.8 Å². The van der Waals surface area contributed by atoms with Crippen LogP contribution in [0, 0.1) is 11.7 Å². The summed E-state index contributed by atoms with van der Waals surface area (Å²) in [6.45, 7) is 1.17. The van der Waals surface area contributed by atoms with Crippen LogP contribution in [0.4, 0.5) is 4.39 Å². The first-order chi connectivity index (χ1) is 13.7. The number of H-pyrrole nitrogens is 1. The molecule has 1 saturated heterocycles. The van der Waals surface area contributed by atoms with E-state index in [9.17, 15) is 9.18 Å². The number of hydrogen-bond acceptors (Lipinski definition) is 3. The fourth-order valence-electron chi connectivity index (χ4n) is 4.33. The highest BCUT2D eigenvalue weighted by Gasteiger charge is 2.34. The number of piperidine rings is 1. The summed E-state index contributed by atoms with van der Waals surface area (Å²) in [5, 5.41) is 0. The van der Waals surface area contributed by atoms with Gasteiger partial charge in [-0.3, -0.25) is 4.79 Å². The topological polar surface area (TPSA) is 75.0 Å². The van der Waals surface area contributed by atoms with Crippen molar-refractivity contribution < 1.29 is 9.18 Å². The molecule has 2 unspecified atom stereocenters. The number of fused-ring (bicyclic) bond motifs is 1. The summed E-state index contributed by atoms with van der Waals surface area (Å²) in [4.78, 5) is 22.4. The molecule has 1 aliphatic heterocycles. The van der Waals surface area contributed by atoms with Crippen molar-refractivity contribution in [3.05, 3.63) is 65.7 Å². The van der Waals surface area contributed by atoms with E-state index < -0.39 is 5.82 Å². The molecule has 146 valence electrons. The smallest absolute Gasteiger partial charge is 0.256 e. The van der Waals surface area contributed by atoms with Crippen molar-refractivity contribution in [1.29, 1.82) is 0 Å². The van der Waals surface area contributed by atoms with Gasteiger partial charge in [-0.25, -0.2) is 9.37 Å². The summed E-state index contributed by atoms with van der Waals surface area (Å²) in [5.41, 5.74) is 8.73. The Bertz CT molecular complexity index is 956. The Morgan fingerprint density at radius 2 is 2.11 bits per heavy atom. The Balaban J connectivity index is 1.64. The first-order valence-electron chi connectivity index (χ1n) is 9.85. The molecule has 3 N–H and O–H groups in total. The predicted octanol–water partition coefficient (Wildman–Crippen LogP) is 3.51. The fourth-order valence-corrected chi connectivity index (χ4v) is 4.33. The molecule has 5 nitrogen and oxygen atoms in total. The van der Waals surface area contributed by atoms with Gasteiger partial charge in [0.15, 0.2) is 0 Å². The summed E-state index contributed by atoms with van der Waals surface area (Å²) in [5.74, 6) is -0.434. The van der Waals surface area contributed by atoms with Gasteiger partial charge in [0.2, 0.25) is 0 Å². The molecule has 1 amide bonds. The lowest BCUT2D eigenvalue weighted by atomic mass is 9.85. The lowest BCUT2D eigenvalue weighted by molar-refractivity contribution is 0.0521. The molecule has 0 saturated carbocycles. The van der Waals surface area contributed by atoms with Gasteiger partial charge in [-0.1, -0.05) is 30.3 Å². The zero-order valence-corrected chi connectivity index (χ0v) is 15.8. The second-order valence-corrected chi connectivity index (χ2v) is 7.50. The second kappa shape index (κ2) is 8.10.